The Morgan fingerprint density at radius 2 is 2.35 bits per heavy atom. The number of ether oxygens (including phenoxy) is 2. The van der Waals surface area contributed by atoms with Gasteiger partial charge in [0, 0.05) is 25.9 Å². The lowest BCUT2D eigenvalue weighted by molar-refractivity contribution is -0.167. The minimum absolute atomic E-state index is 0.0182. The normalized spacial score (nSPS) is 22.4. The van der Waals surface area contributed by atoms with Gasteiger partial charge in [0.15, 0.2) is 0 Å². The Kier molecular flexibility index (Phi) is 4.65. The van der Waals surface area contributed by atoms with Crippen LogP contribution >= 0.6 is 0 Å². The molecule has 1 atom stereocenters. The predicted molar refractivity (Wildman–Crippen MR) is 85.0 cm³/mol. The van der Waals surface area contributed by atoms with Gasteiger partial charge in [-0.15, -0.1) is 0 Å². The van der Waals surface area contributed by atoms with E-state index in [4.69, 9.17) is 14.7 Å². The van der Waals surface area contributed by atoms with Crippen molar-refractivity contribution in [2.45, 2.75) is 24.9 Å². The van der Waals surface area contributed by atoms with Gasteiger partial charge in [-0.25, -0.2) is 0 Å². The zero-order valence-electron chi connectivity index (χ0n) is 13.5. The lowest BCUT2D eigenvalue weighted by Crippen LogP contribution is -2.66. The molecule has 1 aromatic rings. The van der Waals surface area contributed by atoms with Crippen molar-refractivity contribution in [3.05, 3.63) is 35.4 Å². The molecule has 2 aliphatic heterocycles. The molecule has 1 spiro atoms. The van der Waals surface area contributed by atoms with Crippen molar-refractivity contribution in [2.24, 2.45) is 5.92 Å². The number of hydrogen-bond acceptors (Lipinski definition) is 4. The molecule has 0 bridgehead atoms. The lowest BCUT2D eigenvalue weighted by atomic mass is 9.79. The second-order valence-corrected chi connectivity index (χ2v) is 6.53. The maximum atomic E-state index is 12.5. The SMILES string of the molecule is COCCC1CCOC2(C1)CN(C(=O)c1cccc(C#N)c1)C2. The van der Waals surface area contributed by atoms with E-state index in [1.807, 2.05) is 4.90 Å². The van der Waals surface area contributed by atoms with Crippen LogP contribution in [0.1, 0.15) is 35.2 Å². The smallest absolute Gasteiger partial charge is 0.254 e. The fourth-order valence-corrected chi connectivity index (χ4v) is 3.58. The Labute approximate surface area is 136 Å². The van der Waals surface area contributed by atoms with E-state index in [-0.39, 0.29) is 11.5 Å². The topological polar surface area (TPSA) is 62.6 Å². The Bertz CT molecular complexity index is 617. The van der Waals surface area contributed by atoms with Gasteiger partial charge >= 0.3 is 0 Å². The van der Waals surface area contributed by atoms with Gasteiger partial charge in [0.25, 0.3) is 5.91 Å². The largest absolute Gasteiger partial charge is 0.385 e. The van der Waals surface area contributed by atoms with Crippen LogP contribution < -0.4 is 0 Å². The van der Waals surface area contributed by atoms with E-state index in [9.17, 15) is 4.79 Å². The first-order valence-corrected chi connectivity index (χ1v) is 8.08. The van der Waals surface area contributed by atoms with Crippen LogP contribution in [0.2, 0.25) is 0 Å². The first kappa shape index (κ1) is 16.0. The summed E-state index contributed by atoms with van der Waals surface area (Å²) < 4.78 is 11.2. The van der Waals surface area contributed by atoms with Crippen LogP contribution in [0.3, 0.4) is 0 Å². The second kappa shape index (κ2) is 6.69. The van der Waals surface area contributed by atoms with Crippen molar-refractivity contribution < 1.29 is 14.3 Å². The molecule has 0 N–H and O–H groups in total. The fourth-order valence-electron chi connectivity index (χ4n) is 3.58. The fraction of sp³-hybridized carbons (Fsp3) is 0.556. The maximum Gasteiger partial charge on any atom is 0.254 e. The highest BCUT2D eigenvalue weighted by Gasteiger charge is 2.49. The molecule has 5 heteroatoms. The Balaban J connectivity index is 1.59. The third kappa shape index (κ3) is 3.39. The molecular weight excluding hydrogens is 292 g/mol. The molecular formula is C18H22N2O3. The Morgan fingerprint density at radius 1 is 1.52 bits per heavy atom. The third-order valence-electron chi connectivity index (χ3n) is 4.81. The minimum Gasteiger partial charge on any atom is -0.385 e. The number of carbonyl (C=O) groups is 1. The van der Waals surface area contributed by atoms with E-state index >= 15 is 0 Å². The number of rotatable bonds is 4. The summed E-state index contributed by atoms with van der Waals surface area (Å²) in [5, 5.41) is 8.95. The summed E-state index contributed by atoms with van der Waals surface area (Å²) >= 11 is 0. The van der Waals surface area contributed by atoms with E-state index in [0.717, 1.165) is 32.5 Å². The second-order valence-electron chi connectivity index (χ2n) is 6.53. The molecule has 0 aliphatic carbocycles. The highest BCUT2D eigenvalue weighted by molar-refractivity contribution is 5.95. The molecule has 122 valence electrons. The van der Waals surface area contributed by atoms with Gasteiger partial charge in [0.1, 0.15) is 5.60 Å². The molecule has 3 rings (SSSR count). The summed E-state index contributed by atoms with van der Waals surface area (Å²) in [7, 11) is 1.73. The lowest BCUT2D eigenvalue weighted by Gasteiger charge is -2.53. The highest BCUT2D eigenvalue weighted by atomic mass is 16.5. The van der Waals surface area contributed by atoms with Crippen LogP contribution in [0.25, 0.3) is 0 Å². The van der Waals surface area contributed by atoms with Crippen LogP contribution in [0, 0.1) is 17.2 Å². The number of carbonyl (C=O) groups excluding carboxylic acids is 1. The van der Waals surface area contributed by atoms with Crippen LogP contribution in [0.4, 0.5) is 0 Å². The van der Waals surface area contributed by atoms with Crippen LogP contribution in [-0.2, 0) is 9.47 Å². The Hall–Kier alpha value is -1.90. The first-order valence-electron chi connectivity index (χ1n) is 8.08. The molecule has 1 amide bonds. The molecule has 1 unspecified atom stereocenters. The van der Waals surface area contributed by atoms with Gasteiger partial charge in [0.05, 0.1) is 24.7 Å². The minimum atomic E-state index is -0.168. The summed E-state index contributed by atoms with van der Waals surface area (Å²) in [5.74, 6) is 0.596. The van der Waals surface area contributed by atoms with Crippen LogP contribution in [0.5, 0.6) is 0 Å². The molecule has 2 saturated heterocycles. The molecule has 1 aromatic carbocycles. The van der Waals surface area contributed by atoms with Gasteiger partial charge in [-0.3, -0.25) is 4.79 Å². The van der Waals surface area contributed by atoms with Crippen molar-refractivity contribution in [3.8, 4) is 6.07 Å². The number of amides is 1. The molecule has 2 aliphatic rings. The summed E-state index contributed by atoms with van der Waals surface area (Å²) in [6, 6.07) is 8.94. The number of methoxy groups -OCH3 is 1. The summed E-state index contributed by atoms with van der Waals surface area (Å²) in [5.41, 5.74) is 0.921. The van der Waals surface area contributed by atoms with Gasteiger partial charge in [-0.2, -0.15) is 5.26 Å². The van der Waals surface area contributed by atoms with Crippen molar-refractivity contribution in [1.29, 1.82) is 5.26 Å². The number of hydrogen-bond donors (Lipinski definition) is 0. The van der Waals surface area contributed by atoms with Crippen molar-refractivity contribution in [1.82, 2.24) is 4.90 Å². The van der Waals surface area contributed by atoms with Crippen molar-refractivity contribution >= 4 is 5.91 Å². The number of nitrogens with zero attached hydrogens (tertiary/aromatic N) is 2. The quantitative estimate of drug-likeness (QED) is 0.855. The van der Waals surface area contributed by atoms with E-state index in [1.165, 1.54) is 0 Å². The van der Waals surface area contributed by atoms with Gasteiger partial charge < -0.3 is 14.4 Å². The van der Waals surface area contributed by atoms with Crippen molar-refractivity contribution in [3.63, 3.8) is 0 Å². The highest BCUT2D eigenvalue weighted by Crippen LogP contribution is 2.38. The maximum absolute atomic E-state index is 12.5. The third-order valence-corrected chi connectivity index (χ3v) is 4.81. The summed E-state index contributed by atoms with van der Waals surface area (Å²) in [6.07, 6.45) is 3.13. The van der Waals surface area contributed by atoms with E-state index in [1.54, 1.807) is 31.4 Å². The number of likely N-dealkylation sites (tertiary alicyclic amines) is 1. The van der Waals surface area contributed by atoms with Crippen LogP contribution in [0.15, 0.2) is 24.3 Å². The Morgan fingerprint density at radius 3 is 3.09 bits per heavy atom. The molecule has 2 fully saturated rings. The van der Waals surface area contributed by atoms with Gasteiger partial charge in [0.2, 0.25) is 0 Å². The first-order chi connectivity index (χ1) is 11.2. The van der Waals surface area contributed by atoms with Gasteiger partial charge in [-0.1, -0.05) is 6.07 Å². The molecule has 5 nitrogen and oxygen atoms in total. The van der Waals surface area contributed by atoms with E-state index < -0.39 is 0 Å². The van der Waals surface area contributed by atoms with E-state index in [0.29, 0.717) is 30.1 Å². The monoisotopic (exact) mass is 314 g/mol. The van der Waals surface area contributed by atoms with Gasteiger partial charge in [-0.05, 0) is 43.4 Å². The zero-order valence-corrected chi connectivity index (χ0v) is 13.5. The average molecular weight is 314 g/mol. The molecule has 0 radical (unpaired) electrons. The molecule has 2 heterocycles. The summed E-state index contributed by atoms with van der Waals surface area (Å²) in [4.78, 5) is 14.3. The number of nitriles is 1. The van der Waals surface area contributed by atoms with Crippen LogP contribution in [-0.4, -0.2) is 49.8 Å². The van der Waals surface area contributed by atoms with Crippen molar-refractivity contribution in [2.75, 3.05) is 33.4 Å². The zero-order chi connectivity index (χ0) is 16.3. The number of benzene rings is 1. The average Bonchev–Trinajstić information content (AvgIpc) is 2.57. The standard InChI is InChI=1S/C18H22N2O3/c1-22-7-5-14-6-8-23-18(10-14)12-20(13-18)17(21)16-4-2-3-15(9-16)11-19/h2-4,9,14H,5-8,10,12-13H2,1H3. The van der Waals surface area contributed by atoms with E-state index in [2.05, 4.69) is 6.07 Å². The molecule has 23 heavy (non-hydrogen) atoms. The summed E-state index contributed by atoms with van der Waals surface area (Å²) in [6.45, 7) is 2.84. The predicted octanol–water partition coefficient (Wildman–Crippen LogP) is 2.22. The molecule has 0 saturated carbocycles. The molecule has 0 aromatic heterocycles.